The van der Waals surface area contributed by atoms with Crippen molar-refractivity contribution in [2.24, 2.45) is 17.8 Å². The van der Waals surface area contributed by atoms with Crippen molar-refractivity contribution in [3.8, 4) is 0 Å². The maximum Gasteiger partial charge on any atom is 0.511 e. The molecule has 0 spiro atoms. The van der Waals surface area contributed by atoms with Gasteiger partial charge in [0.1, 0.15) is 0 Å². The highest BCUT2D eigenvalue weighted by Gasteiger charge is 2.45. The summed E-state index contributed by atoms with van der Waals surface area (Å²) >= 11 is 0. The number of carbonyl (C=O) groups excluding carboxylic acids is 1. The number of carbonyl (C=O) groups is 1. The molecule has 2 atom stereocenters. The van der Waals surface area contributed by atoms with Crippen LogP contribution >= 0.6 is 0 Å². The van der Waals surface area contributed by atoms with E-state index in [1.807, 2.05) is 0 Å². The molecule has 146 valence electrons. The van der Waals surface area contributed by atoms with E-state index in [1.165, 1.54) is 43.2 Å². The smallest absolute Gasteiger partial charge is 0.466 e. The Kier molecular flexibility index (Phi) is 7.13. The van der Waals surface area contributed by atoms with Crippen LogP contribution in [0.25, 0.3) is 0 Å². The van der Waals surface area contributed by atoms with E-state index in [-0.39, 0.29) is 19.0 Å². The van der Waals surface area contributed by atoms with Gasteiger partial charge in [-0.2, -0.15) is 13.2 Å². The highest BCUT2D eigenvalue weighted by molar-refractivity contribution is 7.90. The molecule has 2 bridgehead atoms. The fraction of sp³-hybridized carbons (Fsp3) is 0.938. The zero-order chi connectivity index (χ0) is 18.5. The van der Waals surface area contributed by atoms with E-state index in [1.54, 1.807) is 0 Å². The van der Waals surface area contributed by atoms with Gasteiger partial charge in [0.2, 0.25) is 0 Å². The molecule has 0 heterocycles. The molecule has 0 aromatic carbocycles. The molecule has 0 radical (unpaired) electrons. The normalized spacial score (nSPS) is 27.1. The summed E-state index contributed by atoms with van der Waals surface area (Å²) in [6, 6.07) is 0. The summed E-state index contributed by atoms with van der Waals surface area (Å²) in [6.45, 7) is -0.504. The number of hydrogen-bond donors (Lipinski definition) is 1. The lowest BCUT2D eigenvalue weighted by molar-refractivity contribution is -0.144. The average Bonchev–Trinajstić information content (AvgIpc) is 2.51. The topological polar surface area (TPSA) is 72.5 Å². The standard InChI is InChI=1S/C16H26F3NO4S/c17-16(18,19)25(22,23)20-7-2-8-24-15(21)6-5-14-10-12-3-1-4-13(9-12)11-14/h12-14,20H,1-11H2. The third-order valence-corrected chi connectivity index (χ3v) is 6.36. The molecule has 2 unspecified atom stereocenters. The third kappa shape index (κ3) is 6.44. The summed E-state index contributed by atoms with van der Waals surface area (Å²) in [5, 5.41) is 0. The minimum absolute atomic E-state index is 0.00856. The van der Waals surface area contributed by atoms with Crippen LogP contribution in [0.15, 0.2) is 0 Å². The monoisotopic (exact) mass is 385 g/mol. The predicted molar refractivity (Wildman–Crippen MR) is 86.0 cm³/mol. The van der Waals surface area contributed by atoms with Crippen molar-refractivity contribution >= 4 is 16.0 Å². The maximum absolute atomic E-state index is 12.1. The summed E-state index contributed by atoms with van der Waals surface area (Å²) in [5.74, 6) is 1.80. The van der Waals surface area contributed by atoms with Crippen LogP contribution in [-0.2, 0) is 19.6 Å². The molecule has 2 aliphatic rings. The van der Waals surface area contributed by atoms with E-state index in [9.17, 15) is 26.4 Å². The number of ether oxygens (including phenoxy) is 1. The molecule has 0 aliphatic heterocycles. The number of halogens is 3. The minimum Gasteiger partial charge on any atom is -0.466 e. The fourth-order valence-electron chi connectivity index (χ4n) is 4.05. The molecule has 5 nitrogen and oxygen atoms in total. The van der Waals surface area contributed by atoms with Gasteiger partial charge in [0.15, 0.2) is 0 Å². The molecule has 2 aliphatic carbocycles. The number of esters is 1. The van der Waals surface area contributed by atoms with E-state index in [4.69, 9.17) is 4.74 Å². The van der Waals surface area contributed by atoms with Gasteiger partial charge < -0.3 is 4.74 Å². The Bertz CT molecular complexity index is 538. The molecule has 25 heavy (non-hydrogen) atoms. The summed E-state index contributed by atoms with van der Waals surface area (Å²) in [4.78, 5) is 11.7. The van der Waals surface area contributed by atoms with Crippen LogP contribution in [0.2, 0.25) is 0 Å². The molecule has 2 fully saturated rings. The Morgan fingerprint density at radius 3 is 2.36 bits per heavy atom. The Labute approximate surface area is 146 Å². The number of hydrogen-bond acceptors (Lipinski definition) is 4. The Balaban J connectivity index is 1.56. The van der Waals surface area contributed by atoms with Gasteiger partial charge >= 0.3 is 21.5 Å². The first-order chi connectivity index (χ1) is 11.7. The van der Waals surface area contributed by atoms with Gasteiger partial charge in [-0.1, -0.05) is 19.3 Å². The molecule has 0 aromatic rings. The number of nitrogens with one attached hydrogen (secondary N) is 1. The Morgan fingerprint density at radius 2 is 1.76 bits per heavy atom. The lowest BCUT2D eigenvalue weighted by Gasteiger charge is -2.39. The largest absolute Gasteiger partial charge is 0.511 e. The van der Waals surface area contributed by atoms with Crippen molar-refractivity contribution in [2.45, 2.75) is 63.3 Å². The van der Waals surface area contributed by atoms with Crippen LogP contribution in [0.1, 0.15) is 57.8 Å². The van der Waals surface area contributed by atoms with Gasteiger partial charge in [0.05, 0.1) is 6.61 Å². The van der Waals surface area contributed by atoms with Crippen LogP contribution in [0.4, 0.5) is 13.2 Å². The second-order valence-electron chi connectivity index (χ2n) is 7.19. The summed E-state index contributed by atoms with van der Waals surface area (Å²) in [5.41, 5.74) is -5.32. The lowest BCUT2D eigenvalue weighted by atomic mass is 9.67. The molecule has 1 N–H and O–H groups in total. The second kappa shape index (κ2) is 8.70. The summed E-state index contributed by atoms with van der Waals surface area (Å²) in [7, 11) is -5.32. The molecule has 0 aromatic heterocycles. The van der Waals surface area contributed by atoms with E-state index in [0.717, 1.165) is 18.3 Å². The number of rotatable bonds is 8. The van der Waals surface area contributed by atoms with Crippen LogP contribution < -0.4 is 4.72 Å². The zero-order valence-electron chi connectivity index (χ0n) is 14.2. The first kappa shape index (κ1) is 20.5. The quantitative estimate of drug-likeness (QED) is 0.514. The Hall–Kier alpha value is -0.830. The maximum atomic E-state index is 12.1. The average molecular weight is 385 g/mol. The highest BCUT2D eigenvalue weighted by atomic mass is 32.2. The van der Waals surface area contributed by atoms with Gasteiger partial charge in [-0.25, -0.2) is 13.1 Å². The van der Waals surface area contributed by atoms with Crippen LogP contribution in [0, 0.1) is 17.8 Å². The van der Waals surface area contributed by atoms with E-state index < -0.39 is 22.1 Å². The molecular weight excluding hydrogens is 359 g/mol. The zero-order valence-corrected chi connectivity index (χ0v) is 15.0. The van der Waals surface area contributed by atoms with Crippen molar-refractivity contribution in [1.29, 1.82) is 0 Å². The molecule has 0 amide bonds. The molecule has 9 heteroatoms. The summed E-state index contributed by atoms with van der Waals surface area (Å²) < 4.78 is 64.2. The molecule has 0 saturated heterocycles. The van der Waals surface area contributed by atoms with Gasteiger partial charge in [0, 0.05) is 13.0 Å². The Morgan fingerprint density at radius 1 is 1.12 bits per heavy atom. The fourth-order valence-corrected chi connectivity index (χ4v) is 4.62. The van der Waals surface area contributed by atoms with E-state index >= 15 is 0 Å². The van der Waals surface area contributed by atoms with Crippen molar-refractivity contribution in [3.05, 3.63) is 0 Å². The minimum atomic E-state index is -5.32. The van der Waals surface area contributed by atoms with Crippen LogP contribution in [-0.4, -0.2) is 33.0 Å². The first-order valence-electron chi connectivity index (χ1n) is 8.89. The van der Waals surface area contributed by atoms with Crippen molar-refractivity contribution < 1.29 is 31.1 Å². The van der Waals surface area contributed by atoms with Crippen LogP contribution in [0.3, 0.4) is 0 Å². The van der Waals surface area contributed by atoms with E-state index in [2.05, 4.69) is 0 Å². The van der Waals surface area contributed by atoms with Crippen molar-refractivity contribution in [2.75, 3.05) is 13.2 Å². The van der Waals surface area contributed by atoms with Crippen LogP contribution in [0.5, 0.6) is 0 Å². The third-order valence-electron chi connectivity index (χ3n) is 5.16. The van der Waals surface area contributed by atoms with E-state index in [0.29, 0.717) is 12.3 Å². The highest BCUT2D eigenvalue weighted by Crippen LogP contribution is 2.43. The van der Waals surface area contributed by atoms with Gasteiger partial charge in [-0.3, -0.25) is 4.79 Å². The number of sulfonamides is 1. The molecule has 2 saturated carbocycles. The summed E-state index contributed by atoms with van der Waals surface area (Å²) in [6.07, 6.45) is 8.74. The molecular formula is C16H26F3NO4S. The molecule has 2 rings (SSSR count). The van der Waals surface area contributed by atoms with Crippen molar-refractivity contribution in [1.82, 2.24) is 4.72 Å². The SMILES string of the molecule is O=C(CCC1CC2CCCC(C2)C1)OCCCNS(=O)(=O)C(F)(F)F. The predicted octanol–water partition coefficient (Wildman–Crippen LogP) is 3.36. The lowest BCUT2D eigenvalue weighted by Crippen LogP contribution is -2.37. The first-order valence-corrected chi connectivity index (χ1v) is 10.4. The van der Waals surface area contributed by atoms with Gasteiger partial charge in [0.25, 0.3) is 0 Å². The number of alkyl halides is 3. The van der Waals surface area contributed by atoms with Gasteiger partial charge in [-0.15, -0.1) is 0 Å². The van der Waals surface area contributed by atoms with Crippen molar-refractivity contribution in [3.63, 3.8) is 0 Å². The number of fused-ring (bicyclic) bond motifs is 2. The second-order valence-corrected chi connectivity index (χ2v) is 8.95. The van der Waals surface area contributed by atoms with Gasteiger partial charge in [-0.05, 0) is 49.9 Å².